The van der Waals surface area contributed by atoms with Crippen molar-refractivity contribution in [2.24, 2.45) is 0 Å². The number of carboxylic acid groups (broad SMARTS) is 1. The van der Waals surface area contributed by atoms with Gasteiger partial charge in [-0.2, -0.15) is 0 Å². The second-order valence-corrected chi connectivity index (χ2v) is 5.92. The maximum absolute atomic E-state index is 11.4. The Morgan fingerprint density at radius 3 is 2.65 bits per heavy atom. The molecule has 0 aliphatic heterocycles. The number of carbonyl (C=O) groups excluding carboxylic acids is 1. The van der Waals surface area contributed by atoms with Crippen molar-refractivity contribution in [3.63, 3.8) is 0 Å². The molecule has 2 heterocycles. The van der Waals surface area contributed by atoms with Crippen LogP contribution in [0.15, 0.2) is 48.7 Å². The summed E-state index contributed by atoms with van der Waals surface area (Å²) in [5.41, 5.74) is 3.61. The van der Waals surface area contributed by atoms with Gasteiger partial charge in [-0.1, -0.05) is 30.3 Å². The number of pyridine rings is 1. The maximum Gasteiger partial charge on any atom is 0.138 e. The number of aromatic carboxylic acids is 1. The summed E-state index contributed by atoms with van der Waals surface area (Å²) in [6.45, 7) is 3.33. The monoisotopic (exact) mass is 309 g/mol. The number of nitrogens with zero attached hydrogens (tertiary/aromatic N) is 2. The molecular formula is C18H19N3O2. The highest BCUT2D eigenvalue weighted by atomic mass is 16.4. The van der Waals surface area contributed by atoms with Gasteiger partial charge in [0.1, 0.15) is 30.1 Å². The zero-order chi connectivity index (χ0) is 16.4. The lowest BCUT2D eigenvalue weighted by Crippen LogP contribution is -3.06. The predicted octanol–water partition coefficient (Wildman–Crippen LogP) is 0.221. The molecule has 0 radical (unpaired) electrons. The highest BCUT2D eigenvalue weighted by Gasteiger charge is 2.17. The lowest BCUT2D eigenvalue weighted by molar-refractivity contribution is -0.908. The zero-order valence-corrected chi connectivity index (χ0v) is 13.2. The van der Waals surface area contributed by atoms with Crippen molar-refractivity contribution in [1.82, 2.24) is 9.38 Å². The molecule has 3 aromatic rings. The number of carbonyl (C=O) groups is 1. The maximum atomic E-state index is 11.4. The van der Waals surface area contributed by atoms with Gasteiger partial charge in [0.25, 0.3) is 0 Å². The fourth-order valence-electron chi connectivity index (χ4n) is 2.82. The van der Waals surface area contributed by atoms with Gasteiger partial charge in [-0.15, -0.1) is 0 Å². The number of aromatic nitrogens is 2. The van der Waals surface area contributed by atoms with Crippen molar-refractivity contribution < 1.29 is 14.8 Å². The van der Waals surface area contributed by atoms with E-state index in [1.165, 1.54) is 10.5 Å². The van der Waals surface area contributed by atoms with E-state index in [9.17, 15) is 9.90 Å². The fraction of sp³-hybridized carbons (Fsp3) is 0.222. The van der Waals surface area contributed by atoms with E-state index in [-0.39, 0.29) is 5.69 Å². The molecule has 0 saturated heterocycles. The first kappa shape index (κ1) is 15.2. The normalized spacial score (nSPS) is 12.4. The van der Waals surface area contributed by atoms with Crippen LogP contribution >= 0.6 is 0 Å². The van der Waals surface area contributed by atoms with Crippen molar-refractivity contribution in [3.8, 4) is 0 Å². The van der Waals surface area contributed by atoms with Gasteiger partial charge >= 0.3 is 0 Å². The molecule has 5 heteroatoms. The number of rotatable bonds is 5. The van der Waals surface area contributed by atoms with E-state index in [0.717, 1.165) is 12.1 Å². The minimum Gasteiger partial charge on any atom is -0.543 e. The van der Waals surface area contributed by atoms with Gasteiger partial charge in [-0.25, -0.2) is 4.98 Å². The van der Waals surface area contributed by atoms with Gasteiger partial charge in [-0.3, -0.25) is 4.40 Å². The number of fused-ring (bicyclic) bond motifs is 1. The van der Waals surface area contributed by atoms with Crippen LogP contribution < -0.4 is 10.0 Å². The van der Waals surface area contributed by atoms with Gasteiger partial charge in [0.05, 0.1) is 13.0 Å². The van der Waals surface area contributed by atoms with Crippen LogP contribution in [-0.2, 0) is 13.1 Å². The molecule has 3 rings (SSSR count). The van der Waals surface area contributed by atoms with E-state index in [1.54, 1.807) is 0 Å². The third-order valence-electron chi connectivity index (χ3n) is 3.89. The Hall–Kier alpha value is -2.66. The van der Waals surface area contributed by atoms with Crippen molar-refractivity contribution in [2.75, 3.05) is 7.05 Å². The fourth-order valence-corrected chi connectivity index (χ4v) is 2.82. The molecule has 1 unspecified atom stereocenters. The Labute approximate surface area is 134 Å². The first-order valence-corrected chi connectivity index (χ1v) is 7.59. The SMILES string of the molecule is Cc1ccn2c(C[NH+](C)Cc3ccccc3)c(C(=O)[O-])nc2c1. The summed E-state index contributed by atoms with van der Waals surface area (Å²) in [6, 6.07) is 14.0. The summed E-state index contributed by atoms with van der Waals surface area (Å²) < 4.78 is 1.84. The molecule has 0 aliphatic rings. The molecule has 1 N–H and O–H groups in total. The van der Waals surface area contributed by atoms with Gasteiger partial charge in [0.2, 0.25) is 0 Å². The summed E-state index contributed by atoms with van der Waals surface area (Å²) in [7, 11) is 2.04. The smallest absolute Gasteiger partial charge is 0.138 e. The molecule has 0 bridgehead atoms. The van der Waals surface area contributed by atoms with Gasteiger partial charge in [0, 0.05) is 11.8 Å². The molecule has 0 fully saturated rings. The van der Waals surface area contributed by atoms with Gasteiger partial charge < -0.3 is 14.8 Å². The topological polar surface area (TPSA) is 61.9 Å². The summed E-state index contributed by atoms with van der Waals surface area (Å²) in [6.07, 6.45) is 1.87. The van der Waals surface area contributed by atoms with E-state index < -0.39 is 5.97 Å². The quantitative estimate of drug-likeness (QED) is 0.733. The van der Waals surface area contributed by atoms with Crippen LogP contribution in [0.2, 0.25) is 0 Å². The first-order valence-electron chi connectivity index (χ1n) is 7.59. The minimum absolute atomic E-state index is 0.0306. The van der Waals surface area contributed by atoms with E-state index in [2.05, 4.69) is 17.1 Å². The number of carboxylic acids is 1. The number of imidazole rings is 1. The molecule has 0 saturated carbocycles. The Bertz CT molecular complexity index is 840. The molecular weight excluding hydrogens is 290 g/mol. The van der Waals surface area contributed by atoms with Crippen LogP contribution in [0.4, 0.5) is 0 Å². The standard InChI is InChI=1S/C18H19N3O2/c1-13-8-9-21-15(17(18(22)23)19-16(21)10-13)12-20(2)11-14-6-4-3-5-7-14/h3-10H,11-12H2,1-2H3,(H,22,23). The average Bonchev–Trinajstić information content (AvgIpc) is 2.86. The lowest BCUT2D eigenvalue weighted by Gasteiger charge is -2.15. The van der Waals surface area contributed by atoms with E-state index in [0.29, 0.717) is 17.9 Å². The third-order valence-corrected chi connectivity index (χ3v) is 3.89. The molecule has 1 atom stereocenters. The summed E-state index contributed by atoms with van der Waals surface area (Å²) in [4.78, 5) is 16.8. The number of benzene rings is 1. The molecule has 2 aromatic heterocycles. The predicted molar refractivity (Wildman–Crippen MR) is 85.0 cm³/mol. The second kappa shape index (κ2) is 6.22. The average molecular weight is 309 g/mol. The Balaban J connectivity index is 1.92. The minimum atomic E-state index is -1.23. The Morgan fingerprint density at radius 2 is 1.96 bits per heavy atom. The van der Waals surface area contributed by atoms with Crippen LogP contribution in [0, 0.1) is 6.92 Å². The van der Waals surface area contributed by atoms with E-state index in [4.69, 9.17) is 0 Å². The summed E-state index contributed by atoms with van der Waals surface area (Å²) in [5, 5.41) is 11.4. The van der Waals surface area contributed by atoms with Crippen LogP contribution in [0.1, 0.15) is 27.3 Å². The number of aryl methyl sites for hydroxylation is 1. The number of nitrogens with one attached hydrogen (secondary N) is 1. The Morgan fingerprint density at radius 1 is 1.22 bits per heavy atom. The van der Waals surface area contributed by atoms with E-state index >= 15 is 0 Å². The highest BCUT2D eigenvalue weighted by Crippen LogP contribution is 2.13. The highest BCUT2D eigenvalue weighted by molar-refractivity contribution is 5.86. The number of hydrogen-bond donors (Lipinski definition) is 1. The molecule has 23 heavy (non-hydrogen) atoms. The van der Waals surface area contributed by atoms with Crippen LogP contribution in [0.3, 0.4) is 0 Å². The first-order chi connectivity index (χ1) is 11.0. The lowest BCUT2D eigenvalue weighted by atomic mass is 10.2. The van der Waals surface area contributed by atoms with Crippen LogP contribution in [0.5, 0.6) is 0 Å². The molecule has 0 aliphatic carbocycles. The molecule has 0 amide bonds. The molecule has 0 spiro atoms. The van der Waals surface area contributed by atoms with Crippen molar-refractivity contribution in [1.29, 1.82) is 0 Å². The zero-order valence-electron chi connectivity index (χ0n) is 13.2. The van der Waals surface area contributed by atoms with Crippen LogP contribution in [0.25, 0.3) is 5.65 Å². The Kier molecular flexibility index (Phi) is 4.12. The largest absolute Gasteiger partial charge is 0.543 e. The number of quaternary nitrogens is 1. The molecule has 1 aromatic carbocycles. The molecule has 5 nitrogen and oxygen atoms in total. The molecule has 118 valence electrons. The van der Waals surface area contributed by atoms with Crippen molar-refractivity contribution >= 4 is 11.6 Å². The van der Waals surface area contributed by atoms with Crippen LogP contribution in [-0.4, -0.2) is 22.4 Å². The van der Waals surface area contributed by atoms with Gasteiger partial charge in [0.15, 0.2) is 0 Å². The van der Waals surface area contributed by atoms with Crippen molar-refractivity contribution in [2.45, 2.75) is 20.0 Å². The van der Waals surface area contributed by atoms with E-state index in [1.807, 2.05) is 54.9 Å². The van der Waals surface area contributed by atoms with Gasteiger partial charge in [-0.05, 0) is 24.6 Å². The third kappa shape index (κ3) is 3.24. The number of hydrogen-bond acceptors (Lipinski definition) is 3. The summed E-state index contributed by atoms with van der Waals surface area (Å²) in [5.74, 6) is -1.23. The summed E-state index contributed by atoms with van der Waals surface area (Å²) >= 11 is 0. The van der Waals surface area contributed by atoms with Crippen molar-refractivity contribution in [3.05, 3.63) is 71.2 Å². The second-order valence-electron chi connectivity index (χ2n) is 5.92.